The second kappa shape index (κ2) is 4.89. The van der Waals surface area contributed by atoms with Crippen molar-refractivity contribution in [2.24, 2.45) is 0 Å². The molecule has 0 saturated carbocycles. The number of anilines is 1. The number of carbonyl (C=O) groups is 1. The summed E-state index contributed by atoms with van der Waals surface area (Å²) in [7, 11) is -3.38. The van der Waals surface area contributed by atoms with Gasteiger partial charge in [-0.25, -0.2) is 13.2 Å². The van der Waals surface area contributed by atoms with Crippen LogP contribution in [0.5, 0.6) is 0 Å². The highest BCUT2D eigenvalue weighted by atomic mass is 32.2. The van der Waals surface area contributed by atoms with Crippen molar-refractivity contribution < 1.29 is 17.9 Å². The number of rotatable bonds is 4. The van der Waals surface area contributed by atoms with Crippen LogP contribution in [-0.2, 0) is 27.6 Å². The molecule has 0 saturated heterocycles. The zero-order valence-corrected chi connectivity index (χ0v) is 11.9. The number of esters is 1. The number of carbonyl (C=O) groups excluding carboxylic acids is 1. The molecule has 1 aromatic rings. The lowest BCUT2D eigenvalue weighted by atomic mass is 10.1. The van der Waals surface area contributed by atoms with Crippen LogP contribution < -0.4 is 4.72 Å². The van der Waals surface area contributed by atoms with E-state index >= 15 is 0 Å². The van der Waals surface area contributed by atoms with Crippen LogP contribution in [0, 0.1) is 0 Å². The number of sulfonamides is 1. The summed E-state index contributed by atoms with van der Waals surface area (Å²) in [4.78, 5) is 13.0. The van der Waals surface area contributed by atoms with Gasteiger partial charge in [-0.15, -0.1) is 11.3 Å². The maximum Gasteiger partial charge on any atom is 0.341 e. The number of hydrogen-bond acceptors (Lipinski definition) is 5. The molecule has 1 aromatic heterocycles. The Hall–Kier alpha value is -1.08. The first-order valence-electron chi connectivity index (χ1n) is 5.72. The van der Waals surface area contributed by atoms with Crippen molar-refractivity contribution in [1.29, 1.82) is 0 Å². The monoisotopic (exact) mass is 289 g/mol. The first-order valence-corrected chi connectivity index (χ1v) is 8.42. The first-order chi connectivity index (χ1) is 8.42. The Balaban J connectivity index is 2.43. The molecule has 1 heterocycles. The first kappa shape index (κ1) is 13.4. The Bertz CT molecular complexity index is 574. The second-order valence-corrected chi connectivity index (χ2v) is 7.01. The summed E-state index contributed by atoms with van der Waals surface area (Å²) in [5.74, 6) is -0.442. The molecular formula is C11H15NO4S2. The summed E-state index contributed by atoms with van der Waals surface area (Å²) in [6, 6.07) is 0. The van der Waals surface area contributed by atoms with E-state index in [2.05, 4.69) is 4.72 Å². The molecule has 0 fully saturated rings. The summed E-state index contributed by atoms with van der Waals surface area (Å²) >= 11 is 1.34. The molecule has 0 amide bonds. The summed E-state index contributed by atoms with van der Waals surface area (Å²) in [6.45, 7) is 2.01. The Morgan fingerprint density at radius 3 is 2.78 bits per heavy atom. The van der Waals surface area contributed by atoms with E-state index in [-0.39, 0.29) is 6.61 Å². The van der Waals surface area contributed by atoms with Gasteiger partial charge in [0.05, 0.1) is 18.4 Å². The fraction of sp³-hybridized carbons (Fsp3) is 0.545. The summed E-state index contributed by atoms with van der Waals surface area (Å²) < 4.78 is 30.0. The molecule has 0 radical (unpaired) electrons. The average molecular weight is 289 g/mol. The Morgan fingerprint density at radius 2 is 2.17 bits per heavy atom. The van der Waals surface area contributed by atoms with Gasteiger partial charge in [0.1, 0.15) is 5.00 Å². The predicted molar refractivity (Wildman–Crippen MR) is 70.8 cm³/mol. The highest BCUT2D eigenvalue weighted by Gasteiger charge is 2.28. The second-order valence-electron chi connectivity index (χ2n) is 4.16. The van der Waals surface area contributed by atoms with Gasteiger partial charge < -0.3 is 4.74 Å². The van der Waals surface area contributed by atoms with Gasteiger partial charge in [-0.3, -0.25) is 4.72 Å². The minimum atomic E-state index is -3.38. The van der Waals surface area contributed by atoms with Crippen LogP contribution in [0.2, 0.25) is 0 Å². The highest BCUT2D eigenvalue weighted by Crippen LogP contribution is 2.39. The van der Waals surface area contributed by atoms with Crippen LogP contribution >= 0.6 is 11.3 Å². The lowest BCUT2D eigenvalue weighted by Crippen LogP contribution is -2.13. The van der Waals surface area contributed by atoms with E-state index in [0.717, 1.165) is 36.0 Å². The molecule has 1 aliphatic rings. The molecule has 0 aliphatic heterocycles. The van der Waals surface area contributed by atoms with Crippen molar-refractivity contribution in [2.75, 3.05) is 17.6 Å². The molecule has 0 spiro atoms. The van der Waals surface area contributed by atoms with Gasteiger partial charge in [-0.1, -0.05) is 0 Å². The third-order valence-electron chi connectivity index (χ3n) is 2.68. The topological polar surface area (TPSA) is 72.5 Å². The van der Waals surface area contributed by atoms with E-state index in [9.17, 15) is 13.2 Å². The number of hydrogen-bond donors (Lipinski definition) is 1. The number of ether oxygens (including phenoxy) is 1. The van der Waals surface area contributed by atoms with Crippen LogP contribution in [0.3, 0.4) is 0 Å². The van der Waals surface area contributed by atoms with E-state index in [1.807, 2.05) is 0 Å². The van der Waals surface area contributed by atoms with Crippen LogP contribution in [0.15, 0.2) is 0 Å². The van der Waals surface area contributed by atoms with Crippen LogP contribution in [-0.4, -0.2) is 27.2 Å². The van der Waals surface area contributed by atoms with Crippen LogP contribution in [0.4, 0.5) is 5.00 Å². The quantitative estimate of drug-likeness (QED) is 0.858. The van der Waals surface area contributed by atoms with Gasteiger partial charge >= 0.3 is 5.97 Å². The predicted octanol–water partition coefficient (Wildman–Crippen LogP) is 1.78. The third-order valence-corrected chi connectivity index (χ3v) is 4.59. The summed E-state index contributed by atoms with van der Waals surface area (Å²) in [6.07, 6.45) is 3.79. The number of aryl methyl sites for hydroxylation is 1. The van der Waals surface area contributed by atoms with Gasteiger partial charge in [0.2, 0.25) is 10.0 Å². The van der Waals surface area contributed by atoms with Gasteiger partial charge in [-0.2, -0.15) is 0 Å². The van der Waals surface area contributed by atoms with Crippen molar-refractivity contribution in [1.82, 2.24) is 0 Å². The average Bonchev–Trinajstić information content (AvgIpc) is 2.74. The number of fused-ring (bicyclic) bond motifs is 1. The van der Waals surface area contributed by atoms with Crippen molar-refractivity contribution in [3.05, 3.63) is 16.0 Å². The molecule has 7 heteroatoms. The SMILES string of the molecule is CCOC(=O)c1c(NS(C)(=O)=O)sc2c1CCC2. The van der Waals surface area contributed by atoms with E-state index in [1.54, 1.807) is 6.92 Å². The van der Waals surface area contributed by atoms with E-state index < -0.39 is 16.0 Å². The molecular weight excluding hydrogens is 274 g/mol. The van der Waals surface area contributed by atoms with Gasteiger partial charge in [0.15, 0.2) is 0 Å². The van der Waals surface area contributed by atoms with Gasteiger partial charge in [-0.05, 0) is 31.7 Å². The lowest BCUT2D eigenvalue weighted by molar-refractivity contribution is 0.0527. The molecule has 2 rings (SSSR count). The standard InChI is InChI=1S/C11H15NO4S2/c1-3-16-11(13)9-7-5-4-6-8(7)17-10(9)12-18(2,14)15/h12H,3-6H2,1-2H3. The zero-order valence-electron chi connectivity index (χ0n) is 10.3. The number of nitrogens with one attached hydrogen (secondary N) is 1. The fourth-order valence-electron chi connectivity index (χ4n) is 2.06. The van der Waals surface area contributed by atoms with Crippen molar-refractivity contribution in [3.8, 4) is 0 Å². The fourth-order valence-corrected chi connectivity index (χ4v) is 4.25. The van der Waals surface area contributed by atoms with Crippen molar-refractivity contribution in [2.45, 2.75) is 26.2 Å². The number of thiophene rings is 1. The van der Waals surface area contributed by atoms with Crippen LogP contribution in [0.25, 0.3) is 0 Å². The summed E-state index contributed by atoms with van der Waals surface area (Å²) in [5.41, 5.74) is 1.35. The smallest absolute Gasteiger partial charge is 0.341 e. The molecule has 100 valence electrons. The molecule has 5 nitrogen and oxygen atoms in total. The zero-order chi connectivity index (χ0) is 13.3. The van der Waals surface area contributed by atoms with Crippen molar-refractivity contribution >= 4 is 32.3 Å². The van der Waals surface area contributed by atoms with Crippen LogP contribution in [0.1, 0.15) is 34.1 Å². The molecule has 1 aliphatic carbocycles. The Morgan fingerprint density at radius 1 is 1.44 bits per heavy atom. The molecule has 18 heavy (non-hydrogen) atoms. The third kappa shape index (κ3) is 2.67. The molecule has 0 atom stereocenters. The molecule has 0 unspecified atom stereocenters. The van der Waals surface area contributed by atoms with E-state index in [1.165, 1.54) is 11.3 Å². The molecule has 0 bridgehead atoms. The highest BCUT2D eigenvalue weighted by molar-refractivity contribution is 7.92. The minimum Gasteiger partial charge on any atom is -0.462 e. The maximum absolute atomic E-state index is 11.9. The van der Waals surface area contributed by atoms with Crippen molar-refractivity contribution in [3.63, 3.8) is 0 Å². The Labute approximate surface area is 110 Å². The minimum absolute atomic E-state index is 0.280. The van der Waals surface area contributed by atoms with E-state index in [0.29, 0.717) is 10.6 Å². The van der Waals surface area contributed by atoms with E-state index in [4.69, 9.17) is 4.74 Å². The Kier molecular flexibility index (Phi) is 3.63. The molecule has 1 N–H and O–H groups in total. The summed E-state index contributed by atoms with van der Waals surface area (Å²) in [5, 5.41) is 0.389. The maximum atomic E-state index is 11.9. The lowest BCUT2D eigenvalue weighted by Gasteiger charge is -2.06. The van der Waals surface area contributed by atoms with Gasteiger partial charge in [0, 0.05) is 4.88 Å². The van der Waals surface area contributed by atoms with Gasteiger partial charge in [0.25, 0.3) is 0 Å². The normalized spacial score (nSPS) is 14.3. The molecule has 0 aromatic carbocycles. The largest absolute Gasteiger partial charge is 0.462 e.